The first kappa shape index (κ1) is 26.9. The van der Waals surface area contributed by atoms with Crippen LogP contribution in [0.3, 0.4) is 0 Å². The smallest absolute Gasteiger partial charge is 0.191 e. The molecule has 1 heterocycles. The molecule has 162 valence electrons. The summed E-state index contributed by atoms with van der Waals surface area (Å²) in [5, 5.41) is 7.00. The van der Waals surface area contributed by atoms with Crippen LogP contribution in [0.15, 0.2) is 4.99 Å². The van der Waals surface area contributed by atoms with E-state index in [2.05, 4.69) is 55.1 Å². The molecule has 0 radical (unpaired) electrons. The standard InChI is InChI=1S/C21H45N5.HI/c1-6-22-21(24-20(5)13-12-16-25(7-2)8-3)23-17-19(4)18-26-14-10-9-11-15-26;/h19-20H,6-18H2,1-5H3,(H2,22,23,24);1H. The zero-order valence-corrected chi connectivity index (χ0v) is 20.9. The summed E-state index contributed by atoms with van der Waals surface area (Å²) in [4.78, 5) is 9.96. The van der Waals surface area contributed by atoms with E-state index < -0.39 is 0 Å². The van der Waals surface area contributed by atoms with E-state index in [-0.39, 0.29) is 24.0 Å². The van der Waals surface area contributed by atoms with E-state index in [9.17, 15) is 0 Å². The minimum Gasteiger partial charge on any atom is -0.357 e. The van der Waals surface area contributed by atoms with Gasteiger partial charge in [-0.25, -0.2) is 0 Å². The summed E-state index contributed by atoms with van der Waals surface area (Å²) in [6.45, 7) is 20.3. The van der Waals surface area contributed by atoms with Crippen molar-refractivity contribution >= 4 is 29.9 Å². The number of guanidine groups is 1. The molecule has 1 rings (SSSR count). The maximum atomic E-state index is 4.85. The van der Waals surface area contributed by atoms with Crippen LogP contribution >= 0.6 is 24.0 Å². The van der Waals surface area contributed by atoms with Gasteiger partial charge in [-0.2, -0.15) is 0 Å². The third-order valence-electron chi connectivity index (χ3n) is 5.31. The summed E-state index contributed by atoms with van der Waals surface area (Å²) in [6, 6.07) is 0.459. The number of hydrogen-bond donors (Lipinski definition) is 2. The van der Waals surface area contributed by atoms with Crippen LogP contribution in [0.5, 0.6) is 0 Å². The van der Waals surface area contributed by atoms with E-state index in [4.69, 9.17) is 4.99 Å². The van der Waals surface area contributed by atoms with Gasteiger partial charge in [0.15, 0.2) is 5.96 Å². The van der Waals surface area contributed by atoms with E-state index in [0.29, 0.717) is 12.0 Å². The topological polar surface area (TPSA) is 42.9 Å². The molecule has 0 aromatic rings. The highest BCUT2D eigenvalue weighted by atomic mass is 127. The summed E-state index contributed by atoms with van der Waals surface area (Å²) < 4.78 is 0. The molecule has 1 aliphatic rings. The van der Waals surface area contributed by atoms with Gasteiger partial charge >= 0.3 is 0 Å². The van der Waals surface area contributed by atoms with Crippen molar-refractivity contribution in [1.29, 1.82) is 0 Å². The van der Waals surface area contributed by atoms with E-state index in [1.54, 1.807) is 0 Å². The highest BCUT2D eigenvalue weighted by Gasteiger charge is 2.13. The summed E-state index contributed by atoms with van der Waals surface area (Å²) in [7, 11) is 0. The minimum atomic E-state index is 0. The Morgan fingerprint density at radius 3 is 2.33 bits per heavy atom. The molecule has 1 fully saturated rings. The Balaban J connectivity index is 0.00000676. The number of nitrogens with one attached hydrogen (secondary N) is 2. The fraction of sp³-hybridized carbons (Fsp3) is 0.952. The lowest BCUT2D eigenvalue weighted by molar-refractivity contribution is 0.203. The second-order valence-electron chi connectivity index (χ2n) is 7.90. The fourth-order valence-electron chi connectivity index (χ4n) is 3.67. The summed E-state index contributed by atoms with van der Waals surface area (Å²) in [5.74, 6) is 1.59. The van der Waals surface area contributed by atoms with Crippen molar-refractivity contribution in [3.63, 3.8) is 0 Å². The summed E-state index contributed by atoms with van der Waals surface area (Å²) in [5.41, 5.74) is 0. The van der Waals surface area contributed by atoms with E-state index in [0.717, 1.165) is 32.1 Å². The van der Waals surface area contributed by atoms with Crippen molar-refractivity contribution < 1.29 is 0 Å². The lowest BCUT2D eigenvalue weighted by atomic mass is 10.1. The van der Waals surface area contributed by atoms with Gasteiger partial charge in [-0.1, -0.05) is 27.2 Å². The highest BCUT2D eigenvalue weighted by Crippen LogP contribution is 2.11. The zero-order chi connectivity index (χ0) is 19.2. The Morgan fingerprint density at radius 2 is 1.74 bits per heavy atom. The number of halogens is 1. The summed E-state index contributed by atoms with van der Waals surface area (Å²) in [6.07, 6.45) is 6.56. The van der Waals surface area contributed by atoms with Crippen LogP contribution in [0.25, 0.3) is 0 Å². The molecule has 0 aromatic heterocycles. The minimum absolute atomic E-state index is 0. The van der Waals surface area contributed by atoms with Gasteiger partial charge < -0.3 is 20.4 Å². The van der Waals surface area contributed by atoms with Crippen LogP contribution in [0.2, 0.25) is 0 Å². The van der Waals surface area contributed by atoms with Crippen LogP contribution in [-0.4, -0.2) is 74.2 Å². The molecule has 2 atom stereocenters. The van der Waals surface area contributed by atoms with Gasteiger partial charge in [0.05, 0.1) is 0 Å². The lowest BCUT2D eigenvalue weighted by Crippen LogP contribution is -2.43. The largest absolute Gasteiger partial charge is 0.357 e. The molecule has 0 saturated carbocycles. The molecule has 1 aliphatic heterocycles. The van der Waals surface area contributed by atoms with Crippen molar-refractivity contribution in [2.24, 2.45) is 10.9 Å². The molecule has 0 spiro atoms. The monoisotopic (exact) mass is 495 g/mol. The zero-order valence-electron chi connectivity index (χ0n) is 18.6. The van der Waals surface area contributed by atoms with Crippen molar-refractivity contribution in [2.75, 3.05) is 52.4 Å². The maximum Gasteiger partial charge on any atom is 0.191 e. The van der Waals surface area contributed by atoms with Crippen molar-refractivity contribution in [1.82, 2.24) is 20.4 Å². The van der Waals surface area contributed by atoms with Gasteiger partial charge in [0.1, 0.15) is 0 Å². The number of piperidine rings is 1. The second-order valence-corrected chi connectivity index (χ2v) is 7.90. The van der Waals surface area contributed by atoms with E-state index >= 15 is 0 Å². The van der Waals surface area contributed by atoms with Gasteiger partial charge in [-0.15, -0.1) is 24.0 Å². The number of aliphatic imine (C=N–C) groups is 1. The van der Waals surface area contributed by atoms with Crippen LogP contribution < -0.4 is 10.6 Å². The van der Waals surface area contributed by atoms with Gasteiger partial charge in [0, 0.05) is 25.7 Å². The maximum absolute atomic E-state index is 4.85. The van der Waals surface area contributed by atoms with E-state index in [1.807, 2.05) is 0 Å². The van der Waals surface area contributed by atoms with E-state index in [1.165, 1.54) is 58.3 Å². The fourth-order valence-corrected chi connectivity index (χ4v) is 3.67. The molecule has 0 amide bonds. The van der Waals surface area contributed by atoms with Crippen molar-refractivity contribution in [2.45, 2.75) is 72.8 Å². The molecular formula is C21H46IN5. The van der Waals surface area contributed by atoms with Crippen LogP contribution in [0, 0.1) is 5.92 Å². The van der Waals surface area contributed by atoms with Gasteiger partial charge in [0.25, 0.3) is 0 Å². The number of nitrogens with zero attached hydrogens (tertiary/aromatic N) is 3. The molecular weight excluding hydrogens is 449 g/mol. The van der Waals surface area contributed by atoms with Crippen LogP contribution in [-0.2, 0) is 0 Å². The highest BCUT2D eigenvalue weighted by molar-refractivity contribution is 14.0. The molecule has 27 heavy (non-hydrogen) atoms. The Bertz CT molecular complexity index is 368. The first-order valence-corrected chi connectivity index (χ1v) is 11.1. The van der Waals surface area contributed by atoms with Crippen LogP contribution in [0.4, 0.5) is 0 Å². The molecule has 6 heteroatoms. The normalized spacial score (nSPS) is 18.1. The SMILES string of the molecule is CCNC(=NCC(C)CN1CCCCC1)NC(C)CCCN(CC)CC.I. The Labute approximate surface area is 186 Å². The van der Waals surface area contributed by atoms with Gasteiger partial charge in [-0.3, -0.25) is 4.99 Å². The van der Waals surface area contributed by atoms with Crippen molar-refractivity contribution in [3.8, 4) is 0 Å². The Kier molecular flexibility index (Phi) is 16.8. The van der Waals surface area contributed by atoms with Crippen LogP contribution in [0.1, 0.15) is 66.7 Å². The van der Waals surface area contributed by atoms with Gasteiger partial charge in [-0.05, 0) is 78.2 Å². The lowest BCUT2D eigenvalue weighted by Gasteiger charge is -2.28. The van der Waals surface area contributed by atoms with Gasteiger partial charge in [0.2, 0.25) is 0 Å². The first-order valence-electron chi connectivity index (χ1n) is 11.1. The number of rotatable bonds is 12. The molecule has 0 bridgehead atoms. The molecule has 1 saturated heterocycles. The third kappa shape index (κ3) is 12.9. The van der Waals surface area contributed by atoms with Crippen molar-refractivity contribution in [3.05, 3.63) is 0 Å². The molecule has 0 aliphatic carbocycles. The average Bonchev–Trinajstić information content (AvgIpc) is 2.64. The molecule has 2 N–H and O–H groups in total. The molecule has 0 aromatic carbocycles. The second kappa shape index (κ2) is 16.8. The number of hydrogen-bond acceptors (Lipinski definition) is 3. The Morgan fingerprint density at radius 1 is 1.07 bits per heavy atom. The first-order chi connectivity index (χ1) is 12.6. The summed E-state index contributed by atoms with van der Waals surface area (Å²) >= 11 is 0. The quantitative estimate of drug-likeness (QED) is 0.246. The Hall–Kier alpha value is -0.0800. The average molecular weight is 496 g/mol. The third-order valence-corrected chi connectivity index (χ3v) is 5.31. The number of likely N-dealkylation sites (tertiary alicyclic amines) is 1. The molecule has 5 nitrogen and oxygen atoms in total. The predicted molar refractivity (Wildman–Crippen MR) is 130 cm³/mol. The predicted octanol–water partition coefficient (Wildman–Crippen LogP) is 3.79. The molecule has 2 unspecified atom stereocenters.